The predicted octanol–water partition coefficient (Wildman–Crippen LogP) is 4.07. The van der Waals surface area contributed by atoms with Crippen molar-refractivity contribution < 1.29 is 46.3 Å². The zero-order valence-electron chi connectivity index (χ0n) is 30.6. The Hall–Kier alpha value is -4.44. The molecule has 0 aromatic heterocycles. The molecule has 2 aromatic carbocycles. The lowest BCUT2D eigenvalue weighted by Gasteiger charge is -2.37. The van der Waals surface area contributed by atoms with Crippen LogP contribution in [0.1, 0.15) is 67.2 Å². The summed E-state index contributed by atoms with van der Waals surface area (Å²) in [6.45, 7) is 9.28. The van der Waals surface area contributed by atoms with E-state index in [0.29, 0.717) is 51.3 Å². The van der Waals surface area contributed by atoms with Gasteiger partial charge in [-0.1, -0.05) is 0 Å². The van der Waals surface area contributed by atoms with Crippen molar-refractivity contribution in [2.75, 3.05) is 65.4 Å². The Morgan fingerprint density at radius 3 is 1.54 bits per heavy atom. The zero-order chi connectivity index (χ0) is 38.4. The number of amides is 5. The average Bonchev–Trinajstić information content (AvgIpc) is 3.84. The zero-order valence-corrected chi connectivity index (χ0v) is 31.4. The Morgan fingerprint density at radius 1 is 0.648 bits per heavy atom. The molecule has 54 heavy (non-hydrogen) atoms. The monoisotopic (exact) mass is 782 g/mol. The van der Waals surface area contributed by atoms with Crippen LogP contribution in [0, 0.1) is 23.3 Å². The molecule has 6 rings (SSSR count). The average molecular weight is 783 g/mol. The number of hydrogen-bond acceptors (Lipinski definition) is 7. The van der Waals surface area contributed by atoms with Crippen LogP contribution in [0.2, 0.25) is 0 Å². The number of nitrogens with zero attached hydrogens (tertiary/aromatic N) is 5. The van der Waals surface area contributed by atoms with Gasteiger partial charge in [0.25, 0.3) is 11.8 Å². The molecule has 1 N–H and O–H groups in total. The highest BCUT2D eigenvalue weighted by molar-refractivity contribution is 5.95. The van der Waals surface area contributed by atoms with Gasteiger partial charge in [0.1, 0.15) is 34.9 Å². The number of piperazine rings is 2. The van der Waals surface area contributed by atoms with Crippen LogP contribution in [-0.2, 0) is 14.3 Å². The second kappa shape index (κ2) is 18.3. The summed E-state index contributed by atoms with van der Waals surface area (Å²) in [5, 5.41) is 3.17. The van der Waals surface area contributed by atoms with Crippen molar-refractivity contribution >= 4 is 42.1 Å². The van der Waals surface area contributed by atoms with Crippen LogP contribution in [0.4, 0.5) is 22.4 Å². The maximum absolute atomic E-state index is 13.9. The van der Waals surface area contributed by atoms with Crippen molar-refractivity contribution in [3.05, 3.63) is 70.8 Å². The van der Waals surface area contributed by atoms with Crippen molar-refractivity contribution in [2.45, 2.75) is 64.1 Å². The summed E-state index contributed by atoms with van der Waals surface area (Å²) in [6.07, 6.45) is 2.63. The first-order valence-electron chi connectivity index (χ1n) is 17.9. The van der Waals surface area contributed by atoms with Crippen molar-refractivity contribution in [1.82, 2.24) is 29.8 Å². The third kappa shape index (κ3) is 10.4. The van der Waals surface area contributed by atoms with Crippen molar-refractivity contribution in [3.63, 3.8) is 0 Å². The van der Waals surface area contributed by atoms with Gasteiger partial charge in [-0.2, -0.15) is 0 Å². The summed E-state index contributed by atoms with van der Waals surface area (Å²) in [5.74, 6) is -4.31. The number of carbonyl (C=O) groups is 5. The van der Waals surface area contributed by atoms with Gasteiger partial charge in [0.2, 0.25) is 11.8 Å². The second-order valence-corrected chi connectivity index (χ2v) is 14.5. The van der Waals surface area contributed by atoms with Crippen LogP contribution >= 0.6 is 12.4 Å². The topological polar surface area (TPSA) is 123 Å². The minimum atomic E-state index is -0.905. The van der Waals surface area contributed by atoms with Gasteiger partial charge >= 0.3 is 6.09 Å². The molecule has 4 aliphatic heterocycles. The minimum Gasteiger partial charge on any atom is -0.444 e. The summed E-state index contributed by atoms with van der Waals surface area (Å²) in [7, 11) is 0. The van der Waals surface area contributed by atoms with E-state index in [1.807, 2.05) is 0 Å². The fourth-order valence-corrected chi connectivity index (χ4v) is 6.82. The Labute approximate surface area is 318 Å². The highest BCUT2D eigenvalue weighted by atomic mass is 35.5. The number of ether oxygens (including phenoxy) is 1. The first-order chi connectivity index (χ1) is 25.1. The molecule has 0 spiro atoms. The standard InChI is InChI=1S/C21H27F2N3O4.C16H19F2N3O2.ClH/c1-21(2,3)30-20(29)26-8-4-5-17(26)19(28)25-11-9-24(10-12-25)18(27)15-7-6-14(22)13-16(15)23;17-11-3-4-12(13(18)10-11)15(22)20-6-8-21(9-7-20)16(23)14-2-1-5-19-14;/h6-7,13,17H,4-5,8-12H2,1-3H3;3-4,10,14,19H,1-2,5-9H2;1H/t17-;14-;/m00./s1. The van der Waals surface area contributed by atoms with Gasteiger partial charge in [-0.15, -0.1) is 12.4 Å². The Balaban J connectivity index is 0.000000244. The smallest absolute Gasteiger partial charge is 0.410 e. The Bertz CT molecular complexity index is 1690. The molecule has 2 atom stereocenters. The molecule has 0 unspecified atom stereocenters. The van der Waals surface area contributed by atoms with Gasteiger partial charge in [0.05, 0.1) is 17.2 Å². The van der Waals surface area contributed by atoms with Crippen LogP contribution in [-0.4, -0.2) is 137 Å². The molecular formula is C37H47ClF4N6O6. The van der Waals surface area contributed by atoms with Crippen molar-refractivity contribution in [1.29, 1.82) is 0 Å². The molecule has 5 amide bonds. The van der Waals surface area contributed by atoms with Crippen LogP contribution in [0.25, 0.3) is 0 Å². The summed E-state index contributed by atoms with van der Waals surface area (Å²) >= 11 is 0. The predicted molar refractivity (Wildman–Crippen MR) is 192 cm³/mol. The number of benzene rings is 2. The van der Waals surface area contributed by atoms with Gasteiger partial charge in [0.15, 0.2) is 0 Å². The van der Waals surface area contributed by atoms with E-state index in [-0.39, 0.29) is 67.6 Å². The summed E-state index contributed by atoms with van der Waals surface area (Å²) < 4.78 is 59.0. The molecule has 2 aromatic rings. The molecule has 17 heteroatoms. The molecule has 0 radical (unpaired) electrons. The SMILES string of the molecule is CC(C)(C)OC(=O)N1CCC[C@H]1C(=O)N1CCN(C(=O)c2ccc(F)cc2F)CC1.Cl.O=C(c1ccc(F)cc1F)N1CCN(C(=O)[C@@H]2CCCN2)CC1. The quantitative estimate of drug-likeness (QED) is 0.465. The minimum absolute atomic E-state index is 0. The summed E-state index contributed by atoms with van der Waals surface area (Å²) in [6, 6.07) is 5.10. The molecule has 0 aliphatic carbocycles. The number of hydrogen-bond donors (Lipinski definition) is 1. The molecule has 0 saturated carbocycles. The Kier molecular flexibility index (Phi) is 14.3. The number of nitrogens with one attached hydrogen (secondary N) is 1. The molecule has 4 heterocycles. The normalized spacial score (nSPS) is 20.2. The van der Waals surface area contributed by atoms with E-state index in [9.17, 15) is 41.5 Å². The maximum atomic E-state index is 13.9. The van der Waals surface area contributed by atoms with E-state index in [4.69, 9.17) is 4.74 Å². The van der Waals surface area contributed by atoms with E-state index >= 15 is 0 Å². The molecular weight excluding hydrogens is 736 g/mol. The van der Waals surface area contributed by atoms with Crippen LogP contribution < -0.4 is 5.32 Å². The van der Waals surface area contributed by atoms with Crippen LogP contribution in [0.15, 0.2) is 36.4 Å². The molecule has 4 aliphatic rings. The maximum Gasteiger partial charge on any atom is 0.410 e. The number of rotatable bonds is 4. The van der Waals surface area contributed by atoms with Gasteiger partial charge < -0.3 is 29.7 Å². The van der Waals surface area contributed by atoms with Gasteiger partial charge in [-0.05, 0) is 77.3 Å². The molecule has 12 nitrogen and oxygen atoms in total. The van der Waals surface area contributed by atoms with Crippen LogP contribution in [0.5, 0.6) is 0 Å². The Morgan fingerprint density at radius 2 is 1.11 bits per heavy atom. The van der Waals surface area contributed by atoms with E-state index in [1.165, 1.54) is 14.7 Å². The van der Waals surface area contributed by atoms with E-state index in [0.717, 1.165) is 50.1 Å². The second-order valence-electron chi connectivity index (χ2n) is 14.5. The molecule has 4 fully saturated rings. The van der Waals surface area contributed by atoms with Crippen LogP contribution in [0.3, 0.4) is 0 Å². The molecule has 0 bridgehead atoms. The largest absolute Gasteiger partial charge is 0.444 e. The summed E-state index contributed by atoms with van der Waals surface area (Å²) in [4.78, 5) is 70.3. The summed E-state index contributed by atoms with van der Waals surface area (Å²) in [5.41, 5.74) is -0.971. The number of likely N-dealkylation sites (tertiary alicyclic amines) is 1. The lowest BCUT2D eigenvalue weighted by Crippen LogP contribution is -2.55. The number of carbonyl (C=O) groups excluding carboxylic acids is 5. The fraction of sp³-hybridized carbons (Fsp3) is 0.541. The fourth-order valence-electron chi connectivity index (χ4n) is 6.82. The van der Waals surface area contributed by atoms with E-state index < -0.39 is 52.8 Å². The molecule has 296 valence electrons. The third-order valence-electron chi connectivity index (χ3n) is 9.60. The van der Waals surface area contributed by atoms with Gasteiger partial charge in [-0.3, -0.25) is 24.1 Å². The lowest BCUT2D eigenvalue weighted by atomic mass is 10.1. The number of halogens is 5. The van der Waals surface area contributed by atoms with Gasteiger partial charge in [0, 0.05) is 71.0 Å². The third-order valence-corrected chi connectivity index (χ3v) is 9.60. The molecule has 4 saturated heterocycles. The van der Waals surface area contributed by atoms with E-state index in [2.05, 4.69) is 5.32 Å². The highest BCUT2D eigenvalue weighted by Gasteiger charge is 2.40. The van der Waals surface area contributed by atoms with Crippen molar-refractivity contribution in [2.24, 2.45) is 0 Å². The van der Waals surface area contributed by atoms with Crippen molar-refractivity contribution in [3.8, 4) is 0 Å². The lowest BCUT2D eigenvalue weighted by molar-refractivity contribution is -0.137. The highest BCUT2D eigenvalue weighted by Crippen LogP contribution is 2.24. The first kappa shape index (κ1) is 42.3. The first-order valence-corrected chi connectivity index (χ1v) is 17.9. The van der Waals surface area contributed by atoms with Gasteiger partial charge in [-0.25, -0.2) is 22.4 Å². The van der Waals surface area contributed by atoms with E-state index in [1.54, 1.807) is 30.6 Å².